The highest BCUT2D eigenvalue weighted by atomic mass is 16.5. The van der Waals surface area contributed by atoms with Crippen molar-refractivity contribution < 1.29 is 9.53 Å². The molecule has 0 atom stereocenters. The summed E-state index contributed by atoms with van der Waals surface area (Å²) in [5.41, 5.74) is 3.10. The Bertz CT molecular complexity index is 833. The molecule has 0 saturated heterocycles. The summed E-state index contributed by atoms with van der Waals surface area (Å²) in [6.07, 6.45) is 2.90. The quantitative estimate of drug-likeness (QED) is 0.612. The molecule has 4 heteroatoms. The fraction of sp³-hybridized carbons (Fsp3) is 0.217. The molecule has 0 saturated carbocycles. The third kappa shape index (κ3) is 5.68. The van der Waals surface area contributed by atoms with Crippen molar-refractivity contribution in [3.63, 3.8) is 0 Å². The minimum absolute atomic E-state index is 0.111. The molecule has 0 radical (unpaired) electrons. The highest BCUT2D eigenvalue weighted by molar-refractivity contribution is 5.78. The Morgan fingerprint density at radius 2 is 1.67 bits per heavy atom. The number of ether oxygens (including phenoxy) is 1. The first-order chi connectivity index (χ1) is 13.2. The minimum atomic E-state index is 0.111. The molecule has 3 aromatic rings. The summed E-state index contributed by atoms with van der Waals surface area (Å²) >= 11 is 0. The van der Waals surface area contributed by atoms with Crippen molar-refractivity contribution in [1.82, 2.24) is 9.88 Å². The number of amides is 1. The fourth-order valence-electron chi connectivity index (χ4n) is 2.92. The Hall–Kier alpha value is -3.14. The largest absolute Gasteiger partial charge is 0.497 e. The van der Waals surface area contributed by atoms with Gasteiger partial charge in [-0.2, -0.15) is 0 Å². The van der Waals surface area contributed by atoms with Crippen LogP contribution in [-0.2, 0) is 24.2 Å². The summed E-state index contributed by atoms with van der Waals surface area (Å²) in [6, 6.07) is 23.6. The van der Waals surface area contributed by atoms with E-state index in [0.29, 0.717) is 19.5 Å². The molecule has 0 spiro atoms. The van der Waals surface area contributed by atoms with Gasteiger partial charge in [0.05, 0.1) is 13.5 Å². The number of nitrogens with zero attached hydrogens (tertiary/aromatic N) is 2. The van der Waals surface area contributed by atoms with E-state index >= 15 is 0 Å². The van der Waals surface area contributed by atoms with Crippen molar-refractivity contribution in [3.05, 3.63) is 95.8 Å². The number of hydrogen-bond donors (Lipinski definition) is 0. The maximum atomic E-state index is 13.0. The standard InChI is InChI=1S/C23H24N2O2/c1-27-22-12-10-19(11-13-22)17-23(26)25(18-20-7-3-2-4-8-20)16-14-21-9-5-6-15-24-21/h2-13,15H,14,16-18H2,1H3. The van der Waals surface area contributed by atoms with E-state index in [1.165, 1.54) is 0 Å². The van der Waals surface area contributed by atoms with Gasteiger partial charge in [-0.3, -0.25) is 9.78 Å². The van der Waals surface area contributed by atoms with Gasteiger partial charge in [0.2, 0.25) is 5.91 Å². The molecule has 0 N–H and O–H groups in total. The van der Waals surface area contributed by atoms with Crippen LogP contribution in [0.2, 0.25) is 0 Å². The second kappa shape index (κ2) is 9.53. The molecule has 3 rings (SSSR count). The lowest BCUT2D eigenvalue weighted by atomic mass is 10.1. The van der Waals surface area contributed by atoms with Gasteiger partial charge < -0.3 is 9.64 Å². The van der Waals surface area contributed by atoms with Crippen molar-refractivity contribution in [2.45, 2.75) is 19.4 Å². The smallest absolute Gasteiger partial charge is 0.227 e. The van der Waals surface area contributed by atoms with Gasteiger partial charge >= 0.3 is 0 Å². The van der Waals surface area contributed by atoms with E-state index in [-0.39, 0.29) is 5.91 Å². The number of aromatic nitrogens is 1. The molecule has 0 aliphatic carbocycles. The minimum Gasteiger partial charge on any atom is -0.497 e. The Labute approximate surface area is 160 Å². The topological polar surface area (TPSA) is 42.4 Å². The van der Waals surface area contributed by atoms with Crippen LogP contribution in [0.25, 0.3) is 0 Å². The van der Waals surface area contributed by atoms with Crippen molar-refractivity contribution in [2.24, 2.45) is 0 Å². The summed E-state index contributed by atoms with van der Waals surface area (Å²) < 4.78 is 5.19. The molecule has 27 heavy (non-hydrogen) atoms. The van der Waals surface area contributed by atoms with Crippen LogP contribution in [0.1, 0.15) is 16.8 Å². The fourth-order valence-corrected chi connectivity index (χ4v) is 2.92. The lowest BCUT2D eigenvalue weighted by Crippen LogP contribution is -2.33. The van der Waals surface area contributed by atoms with Gasteiger partial charge in [-0.25, -0.2) is 0 Å². The van der Waals surface area contributed by atoms with E-state index in [2.05, 4.69) is 17.1 Å². The first kappa shape index (κ1) is 18.6. The molecule has 1 aromatic heterocycles. The zero-order valence-corrected chi connectivity index (χ0v) is 15.5. The maximum Gasteiger partial charge on any atom is 0.227 e. The first-order valence-corrected chi connectivity index (χ1v) is 9.09. The highest BCUT2D eigenvalue weighted by Crippen LogP contribution is 2.14. The van der Waals surface area contributed by atoms with E-state index in [1.54, 1.807) is 13.3 Å². The predicted octanol–water partition coefficient (Wildman–Crippen LogP) is 3.90. The lowest BCUT2D eigenvalue weighted by molar-refractivity contribution is -0.131. The average Bonchev–Trinajstić information content (AvgIpc) is 2.73. The van der Waals surface area contributed by atoms with E-state index in [1.807, 2.05) is 65.6 Å². The highest BCUT2D eigenvalue weighted by Gasteiger charge is 2.15. The van der Waals surface area contributed by atoms with Gasteiger partial charge in [-0.1, -0.05) is 48.5 Å². The third-order valence-electron chi connectivity index (χ3n) is 4.45. The SMILES string of the molecule is COc1ccc(CC(=O)N(CCc2ccccn2)Cc2ccccc2)cc1. The van der Waals surface area contributed by atoms with Gasteiger partial charge in [-0.05, 0) is 35.4 Å². The zero-order valence-electron chi connectivity index (χ0n) is 15.5. The maximum absolute atomic E-state index is 13.0. The Morgan fingerprint density at radius 3 is 2.33 bits per heavy atom. The zero-order chi connectivity index (χ0) is 18.9. The Morgan fingerprint density at radius 1 is 0.926 bits per heavy atom. The summed E-state index contributed by atoms with van der Waals surface area (Å²) in [6.45, 7) is 1.24. The number of benzene rings is 2. The molecular weight excluding hydrogens is 336 g/mol. The molecule has 0 aliphatic heterocycles. The second-order valence-electron chi connectivity index (χ2n) is 6.40. The van der Waals surface area contributed by atoms with E-state index in [9.17, 15) is 4.79 Å². The van der Waals surface area contributed by atoms with Crippen LogP contribution in [0, 0.1) is 0 Å². The number of carbonyl (C=O) groups excluding carboxylic acids is 1. The van der Waals surface area contributed by atoms with Crippen LogP contribution in [0.4, 0.5) is 0 Å². The predicted molar refractivity (Wildman–Crippen MR) is 106 cm³/mol. The molecule has 138 valence electrons. The van der Waals surface area contributed by atoms with Gasteiger partial charge in [0.15, 0.2) is 0 Å². The van der Waals surface area contributed by atoms with Gasteiger partial charge in [0, 0.05) is 31.4 Å². The third-order valence-corrected chi connectivity index (χ3v) is 4.45. The average molecular weight is 360 g/mol. The Balaban J connectivity index is 1.69. The number of hydrogen-bond acceptors (Lipinski definition) is 3. The number of carbonyl (C=O) groups is 1. The van der Waals surface area contributed by atoms with Crippen molar-refractivity contribution in [3.8, 4) is 5.75 Å². The number of methoxy groups -OCH3 is 1. The number of rotatable bonds is 8. The van der Waals surface area contributed by atoms with Crippen LogP contribution >= 0.6 is 0 Å². The van der Waals surface area contributed by atoms with Crippen molar-refractivity contribution in [2.75, 3.05) is 13.7 Å². The molecule has 0 aliphatic rings. The molecule has 0 fully saturated rings. The molecule has 0 unspecified atom stereocenters. The van der Waals surface area contributed by atoms with Crippen LogP contribution in [0.15, 0.2) is 79.0 Å². The summed E-state index contributed by atoms with van der Waals surface area (Å²) in [5.74, 6) is 0.905. The summed E-state index contributed by atoms with van der Waals surface area (Å²) in [5, 5.41) is 0. The van der Waals surface area contributed by atoms with Gasteiger partial charge in [0.25, 0.3) is 0 Å². The van der Waals surface area contributed by atoms with Crippen molar-refractivity contribution >= 4 is 5.91 Å². The molecule has 1 heterocycles. The van der Waals surface area contributed by atoms with Gasteiger partial charge in [0.1, 0.15) is 5.75 Å². The lowest BCUT2D eigenvalue weighted by Gasteiger charge is -2.23. The van der Waals surface area contributed by atoms with Crippen LogP contribution in [-0.4, -0.2) is 29.4 Å². The summed E-state index contributed by atoms with van der Waals surface area (Å²) in [4.78, 5) is 19.2. The van der Waals surface area contributed by atoms with Gasteiger partial charge in [-0.15, -0.1) is 0 Å². The Kier molecular flexibility index (Phi) is 6.58. The monoisotopic (exact) mass is 360 g/mol. The summed E-state index contributed by atoms with van der Waals surface area (Å²) in [7, 11) is 1.64. The number of pyridine rings is 1. The van der Waals surface area contributed by atoms with Crippen LogP contribution in [0.3, 0.4) is 0 Å². The molecule has 4 nitrogen and oxygen atoms in total. The van der Waals surface area contributed by atoms with E-state index in [4.69, 9.17) is 4.74 Å². The molecule has 0 bridgehead atoms. The van der Waals surface area contributed by atoms with E-state index < -0.39 is 0 Å². The second-order valence-corrected chi connectivity index (χ2v) is 6.40. The molecular formula is C23H24N2O2. The van der Waals surface area contributed by atoms with Crippen molar-refractivity contribution in [1.29, 1.82) is 0 Å². The normalized spacial score (nSPS) is 10.4. The van der Waals surface area contributed by atoms with E-state index in [0.717, 1.165) is 29.0 Å². The molecule has 1 amide bonds. The van der Waals surface area contributed by atoms with Crippen LogP contribution < -0.4 is 4.74 Å². The molecule has 2 aromatic carbocycles. The van der Waals surface area contributed by atoms with Crippen LogP contribution in [0.5, 0.6) is 5.75 Å². The first-order valence-electron chi connectivity index (χ1n) is 9.09.